The van der Waals surface area contributed by atoms with Crippen LogP contribution in [0.15, 0.2) is 41.4 Å². The quantitative estimate of drug-likeness (QED) is 0.729. The fourth-order valence-electron chi connectivity index (χ4n) is 1.87. The first kappa shape index (κ1) is 13.4. The largest absolute Gasteiger partial charge is 0.497 e. The van der Waals surface area contributed by atoms with Gasteiger partial charge >= 0.3 is 0 Å². The topological polar surface area (TPSA) is 72.4 Å². The van der Waals surface area contributed by atoms with E-state index in [0.717, 1.165) is 0 Å². The molecular formula is C14H9BrN4O2. The predicted molar refractivity (Wildman–Crippen MR) is 78.5 cm³/mol. The normalized spacial score (nSPS) is 10.3. The van der Waals surface area contributed by atoms with Crippen LogP contribution in [-0.2, 0) is 0 Å². The summed E-state index contributed by atoms with van der Waals surface area (Å²) in [6, 6.07) is 6.99. The molecule has 104 valence electrons. The van der Waals surface area contributed by atoms with Crippen LogP contribution < -0.4 is 9.47 Å². The van der Waals surface area contributed by atoms with Crippen molar-refractivity contribution >= 4 is 21.6 Å². The average Bonchev–Trinajstić information content (AvgIpc) is 2.95. The monoisotopic (exact) mass is 344 g/mol. The number of ether oxygens (including phenoxy) is 2. The third-order valence-electron chi connectivity index (χ3n) is 2.77. The maximum atomic E-state index is 9.03. The van der Waals surface area contributed by atoms with Gasteiger partial charge in [0.2, 0.25) is 5.65 Å². The molecule has 0 aliphatic heterocycles. The Morgan fingerprint density at radius 3 is 2.86 bits per heavy atom. The van der Waals surface area contributed by atoms with Crippen molar-refractivity contribution in [2.75, 3.05) is 7.11 Å². The molecule has 0 radical (unpaired) electrons. The molecule has 6 nitrogen and oxygen atoms in total. The summed E-state index contributed by atoms with van der Waals surface area (Å²) in [4.78, 5) is 8.47. The van der Waals surface area contributed by atoms with Crippen molar-refractivity contribution in [3.63, 3.8) is 0 Å². The molecule has 21 heavy (non-hydrogen) atoms. The average molecular weight is 345 g/mol. The summed E-state index contributed by atoms with van der Waals surface area (Å²) in [6.45, 7) is 0. The number of benzene rings is 1. The van der Waals surface area contributed by atoms with Crippen molar-refractivity contribution in [3.8, 4) is 23.4 Å². The summed E-state index contributed by atoms with van der Waals surface area (Å²) in [6.07, 6.45) is 5.23. The number of hydrogen-bond acceptors (Lipinski definition) is 5. The molecule has 0 saturated carbocycles. The molecule has 3 aromatic rings. The Morgan fingerprint density at radius 1 is 1.29 bits per heavy atom. The highest BCUT2D eigenvalue weighted by molar-refractivity contribution is 9.10. The third kappa shape index (κ3) is 2.66. The second-order valence-electron chi connectivity index (χ2n) is 4.14. The zero-order valence-corrected chi connectivity index (χ0v) is 12.5. The Kier molecular flexibility index (Phi) is 3.46. The maximum Gasteiger partial charge on any atom is 0.264 e. The van der Waals surface area contributed by atoms with Crippen LogP contribution in [0.2, 0.25) is 0 Å². The van der Waals surface area contributed by atoms with Crippen molar-refractivity contribution < 1.29 is 9.47 Å². The third-order valence-corrected chi connectivity index (χ3v) is 3.16. The summed E-state index contributed by atoms with van der Waals surface area (Å²) in [5, 5.41) is 9.03. The zero-order valence-electron chi connectivity index (χ0n) is 10.9. The summed E-state index contributed by atoms with van der Waals surface area (Å²) in [5.74, 6) is 1.34. The molecule has 0 fully saturated rings. The van der Waals surface area contributed by atoms with Gasteiger partial charge in [-0.05, 0) is 28.1 Å². The Labute approximate surface area is 128 Å². The lowest BCUT2D eigenvalue weighted by molar-refractivity contribution is 0.407. The standard InChI is InChI=1S/C14H9BrN4O2/c1-20-10-4-9(7-16)5-11(6-10)21-14-13-17-2-3-19(13)8-12(15)18-14/h2-6,8H,1H3. The number of halogens is 1. The van der Waals surface area contributed by atoms with Crippen molar-refractivity contribution in [1.29, 1.82) is 5.26 Å². The molecular weight excluding hydrogens is 336 g/mol. The minimum Gasteiger partial charge on any atom is -0.497 e. The predicted octanol–water partition coefficient (Wildman–Crippen LogP) is 3.16. The molecule has 0 bridgehead atoms. The number of hydrogen-bond donors (Lipinski definition) is 0. The van der Waals surface area contributed by atoms with Crippen LogP contribution >= 0.6 is 15.9 Å². The first-order valence-electron chi connectivity index (χ1n) is 5.96. The molecule has 0 aliphatic rings. The molecule has 0 spiro atoms. The molecule has 1 aromatic carbocycles. The number of methoxy groups -OCH3 is 1. The smallest absolute Gasteiger partial charge is 0.264 e. The van der Waals surface area contributed by atoms with E-state index >= 15 is 0 Å². The number of nitriles is 1. The van der Waals surface area contributed by atoms with Gasteiger partial charge in [-0.25, -0.2) is 9.97 Å². The van der Waals surface area contributed by atoms with E-state index in [-0.39, 0.29) is 0 Å². The lowest BCUT2D eigenvalue weighted by Gasteiger charge is -2.08. The van der Waals surface area contributed by atoms with Crippen molar-refractivity contribution in [3.05, 3.63) is 47.0 Å². The van der Waals surface area contributed by atoms with Crippen LogP contribution in [0.5, 0.6) is 17.4 Å². The van der Waals surface area contributed by atoms with Gasteiger partial charge in [0.1, 0.15) is 16.1 Å². The van der Waals surface area contributed by atoms with E-state index in [0.29, 0.717) is 33.2 Å². The molecule has 0 saturated heterocycles. The number of fused-ring (bicyclic) bond motifs is 1. The SMILES string of the molecule is COc1cc(C#N)cc(Oc2nc(Br)cn3ccnc23)c1. The van der Waals surface area contributed by atoms with Crippen LogP contribution in [0.1, 0.15) is 5.56 Å². The van der Waals surface area contributed by atoms with Gasteiger partial charge in [-0.3, -0.25) is 4.40 Å². The van der Waals surface area contributed by atoms with Gasteiger partial charge in [0, 0.05) is 24.7 Å². The lowest BCUT2D eigenvalue weighted by atomic mass is 10.2. The summed E-state index contributed by atoms with van der Waals surface area (Å²) in [7, 11) is 1.53. The van der Waals surface area contributed by atoms with E-state index in [4.69, 9.17) is 14.7 Å². The molecule has 2 aromatic heterocycles. The molecule has 0 N–H and O–H groups in total. The number of aromatic nitrogens is 3. The molecule has 3 rings (SSSR count). The molecule has 2 heterocycles. The molecule has 0 atom stereocenters. The van der Waals surface area contributed by atoms with E-state index < -0.39 is 0 Å². The number of imidazole rings is 1. The second kappa shape index (κ2) is 5.42. The van der Waals surface area contributed by atoms with E-state index in [1.54, 1.807) is 41.2 Å². The summed E-state index contributed by atoms with van der Waals surface area (Å²) in [5.41, 5.74) is 1.03. The van der Waals surface area contributed by atoms with Gasteiger partial charge in [-0.15, -0.1) is 0 Å². The number of nitrogens with zero attached hydrogens (tertiary/aromatic N) is 4. The fraction of sp³-hybridized carbons (Fsp3) is 0.0714. The van der Waals surface area contributed by atoms with Gasteiger partial charge in [-0.2, -0.15) is 5.26 Å². The zero-order chi connectivity index (χ0) is 14.8. The maximum absolute atomic E-state index is 9.03. The van der Waals surface area contributed by atoms with Gasteiger partial charge in [0.05, 0.1) is 18.7 Å². The molecule has 7 heteroatoms. The summed E-state index contributed by atoms with van der Waals surface area (Å²) >= 11 is 3.32. The van der Waals surface area contributed by atoms with Crippen LogP contribution in [0, 0.1) is 11.3 Å². The van der Waals surface area contributed by atoms with E-state index in [1.165, 1.54) is 7.11 Å². The first-order chi connectivity index (χ1) is 10.2. The Balaban J connectivity index is 2.06. The number of rotatable bonds is 3. The van der Waals surface area contributed by atoms with Crippen LogP contribution in [0.4, 0.5) is 0 Å². The summed E-state index contributed by atoms with van der Waals surface area (Å²) < 4.78 is 13.3. The van der Waals surface area contributed by atoms with E-state index in [2.05, 4.69) is 32.0 Å². The molecule has 0 aliphatic carbocycles. The van der Waals surface area contributed by atoms with Crippen molar-refractivity contribution in [2.24, 2.45) is 0 Å². The van der Waals surface area contributed by atoms with Gasteiger partial charge < -0.3 is 9.47 Å². The van der Waals surface area contributed by atoms with Gasteiger partial charge in [-0.1, -0.05) is 0 Å². The molecule has 0 unspecified atom stereocenters. The Morgan fingerprint density at radius 2 is 2.10 bits per heavy atom. The fourth-order valence-corrected chi connectivity index (χ4v) is 2.25. The highest BCUT2D eigenvalue weighted by Crippen LogP contribution is 2.29. The minimum absolute atomic E-state index is 0.339. The van der Waals surface area contributed by atoms with Crippen LogP contribution in [0.3, 0.4) is 0 Å². The Hall–Kier alpha value is -2.59. The first-order valence-corrected chi connectivity index (χ1v) is 6.75. The lowest BCUT2D eigenvalue weighted by Crippen LogP contribution is -1.95. The van der Waals surface area contributed by atoms with Gasteiger partial charge in [0.15, 0.2) is 0 Å². The van der Waals surface area contributed by atoms with E-state index in [9.17, 15) is 0 Å². The van der Waals surface area contributed by atoms with Crippen molar-refractivity contribution in [2.45, 2.75) is 0 Å². The van der Waals surface area contributed by atoms with Crippen LogP contribution in [0.25, 0.3) is 5.65 Å². The van der Waals surface area contributed by atoms with Crippen molar-refractivity contribution in [1.82, 2.24) is 14.4 Å². The highest BCUT2D eigenvalue weighted by atomic mass is 79.9. The minimum atomic E-state index is 0.339. The van der Waals surface area contributed by atoms with Gasteiger partial charge in [0.25, 0.3) is 5.88 Å². The molecule has 0 amide bonds. The Bertz CT molecular complexity index is 854. The van der Waals surface area contributed by atoms with E-state index in [1.807, 2.05) is 0 Å². The second-order valence-corrected chi connectivity index (χ2v) is 4.95. The van der Waals surface area contributed by atoms with Crippen LogP contribution in [-0.4, -0.2) is 21.5 Å². The highest BCUT2D eigenvalue weighted by Gasteiger charge is 2.10.